The highest BCUT2D eigenvalue weighted by Crippen LogP contribution is 2.17. The Labute approximate surface area is 145 Å². The first kappa shape index (κ1) is 18.5. The number of methoxy groups -OCH3 is 1. The summed E-state index contributed by atoms with van der Waals surface area (Å²) in [5.74, 6) is 0.0254. The Kier molecular flexibility index (Phi) is 7.00. The smallest absolute Gasteiger partial charge is 0.191 e. The monoisotopic (exact) mass is 349 g/mol. The summed E-state index contributed by atoms with van der Waals surface area (Å²) in [6, 6.07) is 10.9. The molecule has 25 heavy (non-hydrogen) atoms. The molecule has 5 nitrogen and oxygen atoms in total. The van der Waals surface area contributed by atoms with Crippen molar-refractivity contribution < 1.29 is 18.3 Å². The molecule has 0 aliphatic heterocycles. The lowest BCUT2D eigenvalue weighted by Gasteiger charge is -2.14. The summed E-state index contributed by atoms with van der Waals surface area (Å²) in [5, 5.41) is 6.21. The van der Waals surface area contributed by atoms with Crippen LogP contribution in [0, 0.1) is 11.6 Å². The maximum atomic E-state index is 13.4. The van der Waals surface area contributed by atoms with Gasteiger partial charge in [0.2, 0.25) is 0 Å². The molecule has 7 heteroatoms. The molecule has 0 aromatic heterocycles. The van der Waals surface area contributed by atoms with Gasteiger partial charge in [-0.1, -0.05) is 18.2 Å². The predicted molar refractivity (Wildman–Crippen MR) is 93.0 cm³/mol. The fourth-order valence-electron chi connectivity index (χ4n) is 2.17. The number of aliphatic imine (C=N–C) groups is 1. The Hall–Kier alpha value is -2.83. The fraction of sp³-hybridized carbons (Fsp3) is 0.278. The second-order valence-corrected chi connectivity index (χ2v) is 5.09. The first-order chi connectivity index (χ1) is 12.1. The van der Waals surface area contributed by atoms with Crippen molar-refractivity contribution in [2.24, 2.45) is 4.99 Å². The van der Waals surface area contributed by atoms with Crippen molar-refractivity contribution in [2.45, 2.75) is 6.54 Å². The molecule has 0 aliphatic carbocycles. The zero-order valence-electron chi connectivity index (χ0n) is 14.2. The van der Waals surface area contributed by atoms with E-state index in [-0.39, 0.29) is 12.4 Å². The van der Waals surface area contributed by atoms with Gasteiger partial charge in [0.1, 0.15) is 18.2 Å². The van der Waals surface area contributed by atoms with Crippen molar-refractivity contribution in [3.05, 3.63) is 59.7 Å². The quantitative estimate of drug-likeness (QED) is 0.458. The second-order valence-electron chi connectivity index (χ2n) is 5.09. The number of hydrogen-bond donors (Lipinski definition) is 2. The number of benzene rings is 2. The minimum absolute atomic E-state index is 0.0140. The Bertz CT molecular complexity index is 723. The number of nitrogens with zero attached hydrogens (tertiary/aromatic N) is 1. The molecular formula is C18H21F2N3O2. The zero-order valence-corrected chi connectivity index (χ0v) is 14.2. The van der Waals surface area contributed by atoms with Crippen LogP contribution in [0.15, 0.2) is 47.5 Å². The minimum atomic E-state index is -0.723. The average Bonchev–Trinajstić information content (AvgIpc) is 2.62. The molecule has 0 bridgehead atoms. The molecule has 0 atom stereocenters. The van der Waals surface area contributed by atoms with Crippen molar-refractivity contribution >= 4 is 5.96 Å². The van der Waals surface area contributed by atoms with Crippen molar-refractivity contribution in [3.63, 3.8) is 0 Å². The molecular weight excluding hydrogens is 328 g/mol. The molecule has 134 valence electrons. The molecule has 2 rings (SSSR count). The van der Waals surface area contributed by atoms with Crippen LogP contribution in [0.25, 0.3) is 0 Å². The van der Waals surface area contributed by atoms with Gasteiger partial charge < -0.3 is 20.1 Å². The highest BCUT2D eigenvalue weighted by molar-refractivity contribution is 5.79. The van der Waals surface area contributed by atoms with Gasteiger partial charge in [-0.2, -0.15) is 0 Å². The molecule has 2 aromatic rings. The first-order valence-corrected chi connectivity index (χ1v) is 7.78. The van der Waals surface area contributed by atoms with Crippen LogP contribution in [0.1, 0.15) is 5.56 Å². The van der Waals surface area contributed by atoms with Gasteiger partial charge in [0.15, 0.2) is 17.5 Å². The molecule has 0 spiro atoms. The highest BCUT2D eigenvalue weighted by Gasteiger charge is 2.06. The molecule has 0 aliphatic rings. The maximum Gasteiger partial charge on any atom is 0.191 e. The van der Waals surface area contributed by atoms with Gasteiger partial charge in [-0.15, -0.1) is 0 Å². The van der Waals surface area contributed by atoms with Gasteiger partial charge in [-0.25, -0.2) is 8.78 Å². The highest BCUT2D eigenvalue weighted by atomic mass is 19.1. The Morgan fingerprint density at radius 2 is 1.88 bits per heavy atom. The predicted octanol–water partition coefficient (Wildman–Crippen LogP) is 2.72. The van der Waals surface area contributed by atoms with E-state index < -0.39 is 11.6 Å². The van der Waals surface area contributed by atoms with E-state index in [2.05, 4.69) is 15.6 Å². The summed E-state index contributed by atoms with van der Waals surface area (Å²) >= 11 is 0. The van der Waals surface area contributed by atoms with E-state index in [0.29, 0.717) is 19.0 Å². The zero-order chi connectivity index (χ0) is 18.1. The summed E-state index contributed by atoms with van der Waals surface area (Å²) in [6.07, 6.45) is 0. The van der Waals surface area contributed by atoms with Crippen LogP contribution in [0.2, 0.25) is 0 Å². The van der Waals surface area contributed by atoms with E-state index >= 15 is 0 Å². The lowest BCUT2D eigenvalue weighted by atomic mass is 10.2. The number of ether oxygens (including phenoxy) is 2. The van der Waals surface area contributed by atoms with Crippen molar-refractivity contribution in [1.29, 1.82) is 0 Å². The Morgan fingerprint density at radius 1 is 1.08 bits per heavy atom. The summed E-state index contributed by atoms with van der Waals surface area (Å²) in [5.41, 5.74) is 0.998. The van der Waals surface area contributed by atoms with Gasteiger partial charge in [0.05, 0.1) is 13.7 Å². The molecule has 0 heterocycles. The van der Waals surface area contributed by atoms with Crippen molar-refractivity contribution in [1.82, 2.24) is 10.6 Å². The number of nitrogens with one attached hydrogen (secondary N) is 2. The molecule has 0 unspecified atom stereocenters. The van der Waals surface area contributed by atoms with Gasteiger partial charge in [-0.3, -0.25) is 4.99 Å². The number of hydrogen-bond acceptors (Lipinski definition) is 3. The molecule has 0 fully saturated rings. The third-order valence-electron chi connectivity index (χ3n) is 3.41. The van der Waals surface area contributed by atoms with Crippen LogP contribution in [0.3, 0.4) is 0 Å². The van der Waals surface area contributed by atoms with E-state index in [1.54, 1.807) is 14.2 Å². The number of guanidine groups is 1. The molecule has 2 aromatic carbocycles. The normalized spacial score (nSPS) is 11.1. The van der Waals surface area contributed by atoms with E-state index in [1.165, 1.54) is 6.07 Å². The first-order valence-electron chi connectivity index (χ1n) is 7.78. The van der Waals surface area contributed by atoms with Crippen LogP contribution >= 0.6 is 0 Å². The summed E-state index contributed by atoms with van der Waals surface area (Å²) in [6.45, 7) is 1.15. The summed E-state index contributed by atoms with van der Waals surface area (Å²) in [4.78, 5) is 4.11. The molecule has 0 saturated carbocycles. The second kappa shape index (κ2) is 9.46. The number of rotatable bonds is 7. The Balaban J connectivity index is 1.77. The van der Waals surface area contributed by atoms with Gasteiger partial charge in [0, 0.05) is 25.2 Å². The topological polar surface area (TPSA) is 54.9 Å². The SMILES string of the molecule is CN=C(NCCOc1ccc(F)cc1F)NCc1ccccc1OC. The van der Waals surface area contributed by atoms with Gasteiger partial charge in [0.25, 0.3) is 0 Å². The van der Waals surface area contributed by atoms with Crippen molar-refractivity contribution in [3.8, 4) is 11.5 Å². The van der Waals surface area contributed by atoms with Crippen LogP contribution in [-0.4, -0.2) is 33.3 Å². The van der Waals surface area contributed by atoms with E-state index in [0.717, 1.165) is 23.4 Å². The molecule has 2 N–H and O–H groups in total. The molecule has 0 amide bonds. The minimum Gasteiger partial charge on any atom is -0.496 e. The number of para-hydroxylation sites is 1. The third kappa shape index (κ3) is 5.63. The van der Waals surface area contributed by atoms with Gasteiger partial charge >= 0.3 is 0 Å². The fourth-order valence-corrected chi connectivity index (χ4v) is 2.17. The Morgan fingerprint density at radius 3 is 2.60 bits per heavy atom. The maximum absolute atomic E-state index is 13.4. The van der Waals surface area contributed by atoms with Crippen molar-refractivity contribution in [2.75, 3.05) is 27.3 Å². The lowest BCUT2D eigenvalue weighted by Crippen LogP contribution is -2.39. The standard InChI is InChI=1S/C18H21F2N3O2/c1-21-18(23-12-13-5-3-4-6-16(13)24-2)22-9-10-25-17-8-7-14(19)11-15(17)20/h3-8,11H,9-10,12H2,1-2H3,(H2,21,22,23). The average molecular weight is 349 g/mol. The molecule has 0 saturated heterocycles. The van der Waals surface area contributed by atoms with Gasteiger partial charge in [-0.05, 0) is 18.2 Å². The van der Waals surface area contributed by atoms with Crippen LogP contribution < -0.4 is 20.1 Å². The van der Waals surface area contributed by atoms with E-state index in [4.69, 9.17) is 9.47 Å². The van der Waals surface area contributed by atoms with Crippen LogP contribution in [0.5, 0.6) is 11.5 Å². The molecule has 0 radical (unpaired) electrons. The summed E-state index contributed by atoms with van der Waals surface area (Å²) < 4.78 is 36.8. The van der Waals surface area contributed by atoms with Crippen LogP contribution in [-0.2, 0) is 6.54 Å². The number of halogens is 2. The third-order valence-corrected chi connectivity index (χ3v) is 3.41. The lowest BCUT2D eigenvalue weighted by molar-refractivity contribution is 0.304. The van der Waals surface area contributed by atoms with Crippen LogP contribution in [0.4, 0.5) is 8.78 Å². The van der Waals surface area contributed by atoms with E-state index in [1.807, 2.05) is 24.3 Å². The summed E-state index contributed by atoms with van der Waals surface area (Å²) in [7, 11) is 3.27. The largest absolute Gasteiger partial charge is 0.496 e. The van der Waals surface area contributed by atoms with E-state index in [9.17, 15) is 8.78 Å².